The Morgan fingerprint density at radius 1 is 1.10 bits per heavy atom. The van der Waals surface area contributed by atoms with Gasteiger partial charge in [-0.1, -0.05) is 30.0 Å². The number of amidine groups is 1. The first kappa shape index (κ1) is 20.2. The molecule has 152 valence electrons. The standard InChI is InChI=1S/C23H18N6OS/c1-31-23(25-14-24)27-18-11-12-19-20(13-18)29-21(28-19)15-7-9-17(10-8-15)26-22(30)16-5-3-2-4-6-16/h2-13H,1H3,(H,25,27)(H,26,30)(H,28,29). The maximum absolute atomic E-state index is 12.3. The van der Waals surface area contributed by atoms with Gasteiger partial charge in [0.25, 0.3) is 5.91 Å². The SMILES string of the molecule is CSC(=Nc1ccc2nc(-c3ccc(NC(=O)c4ccccc4)cc3)[nH]c2c1)NC#N. The van der Waals surface area contributed by atoms with Crippen LogP contribution < -0.4 is 10.6 Å². The lowest BCUT2D eigenvalue weighted by molar-refractivity contribution is 0.102. The van der Waals surface area contributed by atoms with Crippen molar-refractivity contribution in [1.29, 1.82) is 5.26 Å². The molecule has 0 aliphatic heterocycles. The number of carbonyl (C=O) groups excluding carboxylic acids is 1. The van der Waals surface area contributed by atoms with Crippen molar-refractivity contribution in [2.45, 2.75) is 0 Å². The lowest BCUT2D eigenvalue weighted by atomic mass is 10.1. The molecule has 0 spiro atoms. The maximum atomic E-state index is 12.3. The minimum absolute atomic E-state index is 0.152. The van der Waals surface area contributed by atoms with E-state index in [9.17, 15) is 4.79 Å². The van der Waals surface area contributed by atoms with Crippen LogP contribution in [0.3, 0.4) is 0 Å². The highest BCUT2D eigenvalue weighted by Gasteiger charge is 2.08. The second-order valence-electron chi connectivity index (χ2n) is 6.54. The smallest absolute Gasteiger partial charge is 0.255 e. The summed E-state index contributed by atoms with van der Waals surface area (Å²) in [5, 5.41) is 14.7. The molecule has 0 atom stereocenters. The lowest BCUT2D eigenvalue weighted by Crippen LogP contribution is -2.12. The molecule has 4 rings (SSSR count). The van der Waals surface area contributed by atoms with E-state index in [1.54, 1.807) is 12.1 Å². The number of hydrogen-bond donors (Lipinski definition) is 3. The van der Waals surface area contributed by atoms with E-state index in [0.717, 1.165) is 22.4 Å². The van der Waals surface area contributed by atoms with Gasteiger partial charge in [0.1, 0.15) is 5.82 Å². The number of benzene rings is 3. The van der Waals surface area contributed by atoms with Crippen molar-refractivity contribution in [3.8, 4) is 17.6 Å². The maximum Gasteiger partial charge on any atom is 0.255 e. The number of carbonyl (C=O) groups is 1. The molecule has 0 unspecified atom stereocenters. The van der Waals surface area contributed by atoms with Crippen LogP contribution in [-0.4, -0.2) is 27.3 Å². The summed E-state index contributed by atoms with van der Waals surface area (Å²) in [6.07, 6.45) is 3.73. The zero-order chi connectivity index (χ0) is 21.6. The highest BCUT2D eigenvalue weighted by Crippen LogP contribution is 2.25. The molecule has 1 heterocycles. The van der Waals surface area contributed by atoms with Crippen LogP contribution in [0.25, 0.3) is 22.4 Å². The van der Waals surface area contributed by atoms with E-state index in [0.29, 0.717) is 22.1 Å². The Morgan fingerprint density at radius 2 is 1.87 bits per heavy atom. The molecule has 8 heteroatoms. The molecule has 3 aromatic carbocycles. The van der Waals surface area contributed by atoms with Gasteiger partial charge in [0.2, 0.25) is 0 Å². The average Bonchev–Trinajstić information content (AvgIpc) is 3.23. The number of anilines is 1. The molecule has 0 aliphatic rings. The number of fused-ring (bicyclic) bond motifs is 1. The molecule has 1 amide bonds. The molecular weight excluding hydrogens is 408 g/mol. The molecule has 7 nitrogen and oxygen atoms in total. The predicted octanol–water partition coefficient (Wildman–Crippen LogP) is 4.90. The minimum Gasteiger partial charge on any atom is -0.338 e. The fourth-order valence-corrected chi connectivity index (χ4v) is 3.34. The molecule has 4 aromatic rings. The number of thioether (sulfide) groups is 1. The van der Waals surface area contributed by atoms with Gasteiger partial charge < -0.3 is 10.3 Å². The molecule has 3 N–H and O–H groups in total. The Kier molecular flexibility index (Phi) is 5.96. The number of nitrogens with zero attached hydrogens (tertiary/aromatic N) is 3. The number of aliphatic imine (C=N–C) groups is 1. The Bertz CT molecular complexity index is 1290. The third kappa shape index (κ3) is 4.74. The van der Waals surface area contributed by atoms with Gasteiger partial charge in [-0.2, -0.15) is 5.26 Å². The van der Waals surface area contributed by atoms with Gasteiger partial charge in [-0.3, -0.25) is 10.1 Å². The first-order valence-electron chi connectivity index (χ1n) is 9.40. The van der Waals surface area contributed by atoms with Gasteiger partial charge in [-0.25, -0.2) is 9.98 Å². The number of amides is 1. The zero-order valence-electron chi connectivity index (χ0n) is 16.6. The van der Waals surface area contributed by atoms with E-state index in [1.165, 1.54) is 11.8 Å². The predicted molar refractivity (Wildman–Crippen MR) is 125 cm³/mol. The van der Waals surface area contributed by atoms with Crippen molar-refractivity contribution in [1.82, 2.24) is 15.3 Å². The fraction of sp³-hybridized carbons (Fsp3) is 0.0435. The van der Waals surface area contributed by atoms with E-state index in [1.807, 2.05) is 73.1 Å². The monoisotopic (exact) mass is 426 g/mol. The fourth-order valence-electron chi connectivity index (χ4n) is 3.00. The van der Waals surface area contributed by atoms with Gasteiger partial charge in [-0.15, -0.1) is 0 Å². The first-order valence-corrected chi connectivity index (χ1v) is 10.6. The first-order chi connectivity index (χ1) is 15.2. The van der Waals surface area contributed by atoms with Crippen molar-refractivity contribution >= 4 is 45.2 Å². The number of H-pyrrole nitrogens is 1. The van der Waals surface area contributed by atoms with E-state index < -0.39 is 0 Å². The molecule has 0 saturated heterocycles. The van der Waals surface area contributed by atoms with Crippen molar-refractivity contribution in [3.63, 3.8) is 0 Å². The Balaban J connectivity index is 1.53. The number of aromatic nitrogens is 2. The van der Waals surface area contributed by atoms with Crippen LogP contribution in [0.15, 0.2) is 77.8 Å². The second-order valence-corrected chi connectivity index (χ2v) is 7.34. The number of rotatable bonds is 4. The van der Waals surface area contributed by atoms with Gasteiger partial charge in [-0.05, 0) is 60.9 Å². The molecule has 1 aromatic heterocycles. The van der Waals surface area contributed by atoms with Crippen LogP contribution >= 0.6 is 11.8 Å². The van der Waals surface area contributed by atoms with E-state index in [-0.39, 0.29) is 5.91 Å². The third-order valence-electron chi connectivity index (χ3n) is 4.50. The number of nitriles is 1. The summed E-state index contributed by atoms with van der Waals surface area (Å²) < 4.78 is 0. The Labute approximate surface area is 183 Å². The summed E-state index contributed by atoms with van der Waals surface area (Å²) in [5.41, 5.74) is 4.59. The molecule has 0 saturated carbocycles. The van der Waals surface area contributed by atoms with Crippen LogP contribution in [-0.2, 0) is 0 Å². The lowest BCUT2D eigenvalue weighted by Gasteiger charge is -2.05. The highest BCUT2D eigenvalue weighted by atomic mass is 32.2. The Morgan fingerprint density at radius 3 is 2.58 bits per heavy atom. The molecular formula is C23H18N6OS. The summed E-state index contributed by atoms with van der Waals surface area (Å²) in [6, 6.07) is 22.2. The van der Waals surface area contributed by atoms with E-state index in [4.69, 9.17) is 5.26 Å². The van der Waals surface area contributed by atoms with Gasteiger partial charge in [0.15, 0.2) is 11.4 Å². The number of imidazole rings is 1. The van der Waals surface area contributed by atoms with Crippen molar-refractivity contribution in [2.75, 3.05) is 11.6 Å². The van der Waals surface area contributed by atoms with Crippen LogP contribution in [0.5, 0.6) is 0 Å². The van der Waals surface area contributed by atoms with Crippen LogP contribution in [0, 0.1) is 11.5 Å². The quantitative estimate of drug-likeness (QED) is 0.186. The molecule has 0 fully saturated rings. The summed E-state index contributed by atoms with van der Waals surface area (Å²) in [4.78, 5) is 24.6. The summed E-state index contributed by atoms with van der Waals surface area (Å²) in [7, 11) is 0. The van der Waals surface area contributed by atoms with Crippen LogP contribution in [0.1, 0.15) is 10.4 Å². The summed E-state index contributed by atoms with van der Waals surface area (Å²) >= 11 is 1.36. The van der Waals surface area contributed by atoms with Crippen LogP contribution in [0.4, 0.5) is 11.4 Å². The molecule has 31 heavy (non-hydrogen) atoms. The normalized spacial score (nSPS) is 11.2. The zero-order valence-corrected chi connectivity index (χ0v) is 17.4. The van der Waals surface area contributed by atoms with E-state index in [2.05, 4.69) is 25.6 Å². The van der Waals surface area contributed by atoms with E-state index >= 15 is 0 Å². The summed E-state index contributed by atoms with van der Waals surface area (Å²) in [6.45, 7) is 0. The summed E-state index contributed by atoms with van der Waals surface area (Å²) in [5.74, 6) is 0.568. The number of hydrogen-bond acceptors (Lipinski definition) is 5. The van der Waals surface area contributed by atoms with Crippen molar-refractivity contribution in [3.05, 3.63) is 78.4 Å². The van der Waals surface area contributed by atoms with Gasteiger partial charge in [0.05, 0.1) is 16.7 Å². The highest BCUT2D eigenvalue weighted by molar-refractivity contribution is 8.13. The third-order valence-corrected chi connectivity index (χ3v) is 5.08. The minimum atomic E-state index is -0.152. The van der Waals surface area contributed by atoms with Crippen molar-refractivity contribution in [2.24, 2.45) is 4.99 Å². The second kappa shape index (κ2) is 9.15. The molecule has 0 aliphatic carbocycles. The Hall–Kier alpha value is -4.09. The topological polar surface area (TPSA) is 106 Å². The van der Waals surface area contributed by atoms with Gasteiger partial charge >= 0.3 is 0 Å². The average molecular weight is 427 g/mol. The largest absolute Gasteiger partial charge is 0.338 e. The number of nitrogens with one attached hydrogen (secondary N) is 3. The van der Waals surface area contributed by atoms with Crippen molar-refractivity contribution < 1.29 is 4.79 Å². The molecule has 0 bridgehead atoms. The van der Waals surface area contributed by atoms with Gasteiger partial charge in [0, 0.05) is 16.8 Å². The van der Waals surface area contributed by atoms with Crippen LogP contribution in [0.2, 0.25) is 0 Å². The molecule has 0 radical (unpaired) electrons. The number of aromatic amines is 1.